The van der Waals surface area contributed by atoms with Crippen LogP contribution in [0.2, 0.25) is 0 Å². The van der Waals surface area contributed by atoms with E-state index in [0.29, 0.717) is 87.5 Å². The molecule has 77 heavy (non-hydrogen) atoms. The normalized spacial score (nSPS) is 16.4. The fraction of sp³-hybridized carbons (Fsp3) is 0.417. The molecule has 0 aromatic heterocycles. The zero-order chi connectivity index (χ0) is 54.1. The lowest BCUT2D eigenvalue weighted by Gasteiger charge is -2.34. The molecule has 4 aliphatic heterocycles. The van der Waals surface area contributed by atoms with Crippen LogP contribution in [0.15, 0.2) is 96.1 Å². The highest BCUT2D eigenvalue weighted by Gasteiger charge is 2.38. The number of methoxy groups -OCH3 is 2. The van der Waals surface area contributed by atoms with Crippen molar-refractivity contribution in [2.45, 2.75) is 89.8 Å². The van der Waals surface area contributed by atoms with Crippen molar-refractivity contribution in [2.75, 3.05) is 87.8 Å². The highest BCUT2D eigenvalue weighted by molar-refractivity contribution is 8.77. The first-order chi connectivity index (χ1) is 37.3. The lowest BCUT2D eigenvalue weighted by atomic mass is 9.98. The maximum atomic E-state index is 14.4. The molecule has 15 nitrogen and oxygen atoms in total. The van der Waals surface area contributed by atoms with Crippen LogP contribution in [-0.2, 0) is 51.5 Å². The molecular weight excluding hydrogens is 1010 g/mol. The number of nitrogens with one attached hydrogen (secondary N) is 1. The average molecular weight is 1080 g/mol. The highest BCUT2D eigenvalue weighted by Crippen LogP contribution is 2.43. The smallest absolute Gasteiger partial charge is 0.258 e. The number of hydrazone groups is 1. The minimum Gasteiger partial charge on any atom is -0.493 e. The molecule has 4 heterocycles. The molecule has 0 bridgehead atoms. The molecule has 0 radical (unpaired) electrons. The topological polar surface area (TPSA) is 144 Å². The fourth-order valence-corrected chi connectivity index (χ4v) is 13.0. The average Bonchev–Trinajstić information content (AvgIpc) is 4.03. The second-order valence-electron chi connectivity index (χ2n) is 20.3. The first-order valence-electron chi connectivity index (χ1n) is 26.4. The summed E-state index contributed by atoms with van der Waals surface area (Å²) in [6.45, 7) is 12.2. The third-order valence-corrected chi connectivity index (χ3v) is 17.4. The predicted molar refractivity (Wildman–Crippen MR) is 307 cm³/mol. The number of ether oxygens (including phenoxy) is 6. The first kappa shape index (κ1) is 55.4. The highest BCUT2D eigenvalue weighted by atomic mass is 33.1. The molecule has 0 saturated heterocycles. The van der Waals surface area contributed by atoms with Gasteiger partial charge in [-0.15, -0.1) is 0 Å². The Morgan fingerprint density at radius 3 is 2.22 bits per heavy atom. The second kappa shape index (κ2) is 25.4. The van der Waals surface area contributed by atoms with Gasteiger partial charge in [0.1, 0.15) is 31.8 Å². The summed E-state index contributed by atoms with van der Waals surface area (Å²) in [5.41, 5.74) is 13.3. The molecular formula is C60H70N6O9S2. The molecule has 5 aromatic carbocycles. The number of rotatable bonds is 25. The number of carbonyl (C=O) groups excluding carboxylic acids is 3. The Balaban J connectivity index is 0.999. The van der Waals surface area contributed by atoms with E-state index in [-0.39, 0.29) is 47.8 Å². The summed E-state index contributed by atoms with van der Waals surface area (Å²) in [5, 5.41) is 3.87. The molecule has 0 aliphatic carbocycles. The number of aryl methyl sites for hydroxylation is 2. The van der Waals surface area contributed by atoms with E-state index < -0.39 is 0 Å². The molecule has 17 heteroatoms. The maximum Gasteiger partial charge on any atom is 0.258 e. The molecule has 0 spiro atoms. The molecule has 2 atom stereocenters. The standard InChI is InChI=1S/C60H70N6O9S2/c1-8-61-62-57(67)19-26-76-77-60(3,4)39-64(20-21-72-24-25-73-23-22-70-6)47-29-41(37-74-54-33-43-17-18-46-31-44-13-9-11-15-51(44)65(46)58(68)49(43)27-40(54)2)28-42(30-47)38-75-56-35-53-50(34-55(56)71-7)59(69)66-48(36-63(53)5)32-45-14-10-12-16-52(45)66/h8-16,27-30,33-35,46,48H,17-26,31-32,37-39H2,1-7H3,(H,62,67)/t46-,48+/m1/s1. The number of fused-ring (bicyclic) bond motifs is 8. The molecule has 0 saturated carbocycles. The van der Waals surface area contributed by atoms with Crippen LogP contribution in [0.3, 0.4) is 0 Å². The number of nitrogens with zero attached hydrogens (tertiary/aromatic N) is 5. The Kier molecular flexibility index (Phi) is 18.3. The van der Waals surface area contributed by atoms with Crippen molar-refractivity contribution in [3.63, 3.8) is 0 Å². The van der Waals surface area contributed by atoms with Crippen LogP contribution in [0.25, 0.3) is 0 Å². The Labute approximate surface area is 460 Å². The summed E-state index contributed by atoms with van der Waals surface area (Å²) in [4.78, 5) is 47.1. The Morgan fingerprint density at radius 1 is 0.818 bits per heavy atom. The van der Waals surface area contributed by atoms with E-state index in [1.165, 1.54) is 5.56 Å². The summed E-state index contributed by atoms with van der Waals surface area (Å²) in [7, 11) is 8.56. The van der Waals surface area contributed by atoms with E-state index in [4.69, 9.17) is 28.4 Å². The summed E-state index contributed by atoms with van der Waals surface area (Å²) in [6, 6.07) is 30.2. The van der Waals surface area contributed by atoms with Gasteiger partial charge in [-0.3, -0.25) is 14.4 Å². The van der Waals surface area contributed by atoms with E-state index >= 15 is 0 Å². The summed E-state index contributed by atoms with van der Waals surface area (Å²) in [5.74, 6) is 2.08. The van der Waals surface area contributed by atoms with Crippen LogP contribution in [0, 0.1) is 6.92 Å². The SMILES string of the molecule is CC=NNC(=O)CCSSC(C)(C)CN(CCOCCOCCOC)c1cc(COc2cc3c(cc2C)C(=O)N2c4ccccc4C[C@H]2CC3)cc(COc2cc3c(cc2OC)C(=O)N2c4ccccc4C[C@H]2[C-]=[N+]3C)c1. The van der Waals surface area contributed by atoms with Crippen molar-refractivity contribution in [1.29, 1.82) is 0 Å². The second-order valence-corrected chi connectivity index (χ2v) is 23.4. The van der Waals surface area contributed by atoms with Crippen LogP contribution in [0.1, 0.15) is 87.7 Å². The van der Waals surface area contributed by atoms with Crippen molar-refractivity contribution in [3.05, 3.63) is 136 Å². The number of hydrogen-bond donors (Lipinski definition) is 1. The van der Waals surface area contributed by atoms with Gasteiger partial charge in [0.25, 0.3) is 5.91 Å². The van der Waals surface area contributed by atoms with Crippen molar-refractivity contribution in [3.8, 4) is 17.2 Å². The fourth-order valence-electron chi connectivity index (χ4n) is 10.5. The zero-order valence-electron chi connectivity index (χ0n) is 45.2. The van der Waals surface area contributed by atoms with Gasteiger partial charge in [0.05, 0.1) is 45.8 Å². The lowest BCUT2D eigenvalue weighted by Crippen LogP contribution is -2.38. The molecule has 4 aliphatic rings. The van der Waals surface area contributed by atoms with Gasteiger partial charge in [-0.25, -0.2) is 5.43 Å². The monoisotopic (exact) mass is 1080 g/mol. The number of amides is 3. The Morgan fingerprint density at radius 2 is 1.49 bits per heavy atom. The van der Waals surface area contributed by atoms with Crippen LogP contribution < -0.4 is 34.3 Å². The molecule has 0 fully saturated rings. The van der Waals surface area contributed by atoms with Gasteiger partial charge in [-0.05, 0) is 141 Å². The molecule has 0 unspecified atom stereocenters. The maximum absolute atomic E-state index is 14.4. The van der Waals surface area contributed by atoms with Gasteiger partial charge < -0.3 is 47.7 Å². The van der Waals surface area contributed by atoms with Crippen LogP contribution in [0.5, 0.6) is 17.2 Å². The predicted octanol–water partition coefficient (Wildman–Crippen LogP) is 9.64. The minimum atomic E-state index is -0.271. The zero-order valence-corrected chi connectivity index (χ0v) is 46.9. The Bertz CT molecular complexity index is 3020. The third kappa shape index (κ3) is 13.1. The molecule has 1 N–H and O–H groups in total. The van der Waals surface area contributed by atoms with Crippen LogP contribution in [0.4, 0.5) is 22.7 Å². The first-order valence-corrected chi connectivity index (χ1v) is 28.7. The van der Waals surface area contributed by atoms with Crippen LogP contribution in [-0.4, -0.2) is 125 Å². The molecule has 406 valence electrons. The van der Waals surface area contributed by atoms with Crippen LogP contribution >= 0.6 is 21.6 Å². The lowest BCUT2D eigenvalue weighted by molar-refractivity contribution is -0.401. The summed E-state index contributed by atoms with van der Waals surface area (Å²) < 4.78 is 38.1. The van der Waals surface area contributed by atoms with E-state index in [9.17, 15) is 14.4 Å². The third-order valence-electron chi connectivity index (χ3n) is 14.2. The molecule has 5 aromatic rings. The molecule has 9 rings (SSSR count). The quantitative estimate of drug-likeness (QED) is 0.0149. The summed E-state index contributed by atoms with van der Waals surface area (Å²) >= 11 is 0. The van der Waals surface area contributed by atoms with E-state index in [2.05, 4.69) is 78.0 Å². The van der Waals surface area contributed by atoms with Gasteiger partial charge in [0, 0.05) is 89.8 Å². The van der Waals surface area contributed by atoms with E-state index in [1.807, 2.05) is 70.8 Å². The largest absolute Gasteiger partial charge is 0.493 e. The number of hydrogen-bond acceptors (Lipinski definition) is 13. The van der Waals surface area contributed by atoms with Crippen molar-refractivity contribution < 1.29 is 47.4 Å². The van der Waals surface area contributed by atoms with E-state index in [0.717, 1.165) is 75.5 Å². The van der Waals surface area contributed by atoms with Crippen molar-refractivity contribution in [2.24, 2.45) is 5.10 Å². The minimum absolute atomic E-state index is 0.0422. The number of anilines is 3. The van der Waals surface area contributed by atoms with Gasteiger partial charge in [-0.1, -0.05) is 58.0 Å². The van der Waals surface area contributed by atoms with Gasteiger partial charge in [0.2, 0.25) is 11.8 Å². The van der Waals surface area contributed by atoms with Gasteiger partial charge in [-0.2, -0.15) is 5.10 Å². The summed E-state index contributed by atoms with van der Waals surface area (Å²) in [6.07, 6.45) is 8.62. The number of para-hydroxylation sites is 2. The van der Waals surface area contributed by atoms with Gasteiger partial charge >= 0.3 is 0 Å². The van der Waals surface area contributed by atoms with E-state index in [1.54, 1.807) is 55.0 Å². The molecule has 3 amide bonds. The number of benzene rings is 5. The number of carbonyl (C=O) groups is 3. The Hall–Kier alpha value is -6.37. The van der Waals surface area contributed by atoms with Crippen molar-refractivity contribution in [1.82, 2.24) is 5.43 Å². The van der Waals surface area contributed by atoms with Gasteiger partial charge in [0.15, 0.2) is 5.75 Å². The van der Waals surface area contributed by atoms with Crippen molar-refractivity contribution >= 4 is 74.5 Å².